The van der Waals surface area contributed by atoms with Crippen molar-refractivity contribution in [3.63, 3.8) is 0 Å². The largest absolute Gasteiger partial charge is 0.497 e. The number of carbonyl (C=O) groups is 1. The molecule has 2 aromatic carbocycles. The molecule has 1 aliphatic rings. The van der Waals surface area contributed by atoms with Gasteiger partial charge >= 0.3 is 0 Å². The molecule has 0 bridgehead atoms. The summed E-state index contributed by atoms with van der Waals surface area (Å²) in [6.07, 6.45) is 3.40. The van der Waals surface area contributed by atoms with E-state index >= 15 is 0 Å². The number of hydrogen-bond acceptors (Lipinski definition) is 2. The second kappa shape index (κ2) is 7.32. The first-order valence-corrected chi connectivity index (χ1v) is 8.26. The lowest BCUT2D eigenvalue weighted by Gasteiger charge is -2.25. The van der Waals surface area contributed by atoms with Gasteiger partial charge in [0, 0.05) is 24.6 Å². The van der Waals surface area contributed by atoms with Gasteiger partial charge in [0.2, 0.25) is 0 Å². The zero-order valence-corrected chi connectivity index (χ0v) is 13.6. The van der Waals surface area contributed by atoms with Gasteiger partial charge in [-0.2, -0.15) is 0 Å². The zero-order chi connectivity index (χ0) is 16.1. The van der Waals surface area contributed by atoms with Crippen LogP contribution in [-0.4, -0.2) is 31.0 Å². The van der Waals surface area contributed by atoms with E-state index in [-0.39, 0.29) is 5.91 Å². The highest BCUT2D eigenvalue weighted by molar-refractivity contribution is 5.94. The third-order valence-electron chi connectivity index (χ3n) is 4.57. The molecule has 1 aliphatic heterocycles. The van der Waals surface area contributed by atoms with E-state index in [1.807, 2.05) is 35.2 Å². The Kier molecular flexibility index (Phi) is 4.96. The summed E-state index contributed by atoms with van der Waals surface area (Å²) in [6.45, 7) is 1.64. The molecule has 1 amide bonds. The first kappa shape index (κ1) is 15.6. The fourth-order valence-electron chi connectivity index (χ4n) is 3.24. The number of methoxy groups -OCH3 is 1. The minimum Gasteiger partial charge on any atom is -0.497 e. The molecule has 23 heavy (non-hydrogen) atoms. The summed E-state index contributed by atoms with van der Waals surface area (Å²) in [5.41, 5.74) is 2.07. The standard InChI is InChI=1S/C20H23NO2/c1-23-19-12-10-17(11-13-19)20(22)21-14-6-5-9-18(15-21)16-7-3-2-4-8-16/h2-4,7-8,10-13,18H,5-6,9,14-15H2,1H3. The van der Waals surface area contributed by atoms with Crippen LogP contribution >= 0.6 is 0 Å². The lowest BCUT2D eigenvalue weighted by atomic mass is 9.94. The molecule has 0 aromatic heterocycles. The number of benzene rings is 2. The summed E-state index contributed by atoms with van der Waals surface area (Å²) >= 11 is 0. The fraction of sp³-hybridized carbons (Fsp3) is 0.350. The van der Waals surface area contributed by atoms with Crippen molar-refractivity contribution in [3.8, 4) is 5.75 Å². The molecule has 0 N–H and O–H groups in total. The average molecular weight is 309 g/mol. The SMILES string of the molecule is COc1ccc(C(=O)N2CCCCC(c3ccccc3)C2)cc1. The molecular formula is C20H23NO2. The third kappa shape index (κ3) is 3.73. The molecule has 1 unspecified atom stereocenters. The van der Waals surface area contributed by atoms with E-state index in [0.717, 1.165) is 37.2 Å². The van der Waals surface area contributed by atoms with Crippen molar-refractivity contribution in [2.75, 3.05) is 20.2 Å². The van der Waals surface area contributed by atoms with E-state index in [1.54, 1.807) is 7.11 Å². The number of likely N-dealkylation sites (tertiary alicyclic amines) is 1. The van der Waals surface area contributed by atoms with Gasteiger partial charge in [-0.3, -0.25) is 4.79 Å². The van der Waals surface area contributed by atoms with E-state index in [1.165, 1.54) is 12.0 Å². The van der Waals surface area contributed by atoms with Gasteiger partial charge in [0.1, 0.15) is 5.75 Å². The highest BCUT2D eigenvalue weighted by Gasteiger charge is 2.23. The van der Waals surface area contributed by atoms with E-state index in [2.05, 4.69) is 24.3 Å². The number of amides is 1. The highest BCUT2D eigenvalue weighted by atomic mass is 16.5. The molecule has 0 radical (unpaired) electrons. The van der Waals surface area contributed by atoms with Crippen LogP contribution in [0.2, 0.25) is 0 Å². The number of hydrogen-bond donors (Lipinski definition) is 0. The molecule has 2 aromatic rings. The van der Waals surface area contributed by atoms with Crippen LogP contribution in [0.5, 0.6) is 5.75 Å². The maximum atomic E-state index is 12.8. The van der Waals surface area contributed by atoms with E-state index < -0.39 is 0 Å². The Morgan fingerprint density at radius 1 is 1.04 bits per heavy atom. The summed E-state index contributed by atoms with van der Waals surface area (Å²) in [5, 5.41) is 0. The normalized spacial score (nSPS) is 18.3. The van der Waals surface area contributed by atoms with Crippen LogP contribution in [0.1, 0.15) is 41.1 Å². The van der Waals surface area contributed by atoms with Gasteiger partial charge < -0.3 is 9.64 Å². The van der Waals surface area contributed by atoms with Gasteiger partial charge in [0.25, 0.3) is 5.91 Å². The first-order chi connectivity index (χ1) is 11.3. The average Bonchev–Trinajstić information content (AvgIpc) is 2.88. The van der Waals surface area contributed by atoms with Crippen molar-refractivity contribution >= 4 is 5.91 Å². The molecule has 1 fully saturated rings. The molecule has 120 valence electrons. The molecule has 3 heteroatoms. The van der Waals surface area contributed by atoms with Gasteiger partial charge in [0.05, 0.1) is 7.11 Å². The second-order valence-electron chi connectivity index (χ2n) is 6.08. The molecule has 1 atom stereocenters. The quantitative estimate of drug-likeness (QED) is 0.854. The minimum absolute atomic E-state index is 0.121. The highest BCUT2D eigenvalue weighted by Crippen LogP contribution is 2.27. The molecule has 3 nitrogen and oxygen atoms in total. The van der Waals surface area contributed by atoms with E-state index in [0.29, 0.717) is 5.92 Å². The summed E-state index contributed by atoms with van der Waals surface area (Å²) in [7, 11) is 1.64. The van der Waals surface area contributed by atoms with Crippen LogP contribution in [0.25, 0.3) is 0 Å². The summed E-state index contributed by atoms with van der Waals surface area (Å²) < 4.78 is 5.16. The van der Waals surface area contributed by atoms with Crippen molar-refractivity contribution in [2.45, 2.75) is 25.2 Å². The fourth-order valence-corrected chi connectivity index (χ4v) is 3.24. The van der Waals surface area contributed by atoms with Gasteiger partial charge in [-0.05, 0) is 42.7 Å². The monoisotopic (exact) mass is 309 g/mol. The molecule has 3 rings (SSSR count). The predicted molar refractivity (Wildman–Crippen MR) is 91.9 cm³/mol. The van der Waals surface area contributed by atoms with Crippen LogP contribution in [0, 0.1) is 0 Å². The van der Waals surface area contributed by atoms with Crippen molar-refractivity contribution < 1.29 is 9.53 Å². The molecule has 1 heterocycles. The second-order valence-corrected chi connectivity index (χ2v) is 6.08. The smallest absolute Gasteiger partial charge is 0.253 e. The van der Waals surface area contributed by atoms with Gasteiger partial charge in [-0.15, -0.1) is 0 Å². The Morgan fingerprint density at radius 3 is 2.48 bits per heavy atom. The van der Waals surface area contributed by atoms with Crippen LogP contribution in [0.4, 0.5) is 0 Å². The Balaban J connectivity index is 1.76. The summed E-state index contributed by atoms with van der Waals surface area (Å²) in [5.74, 6) is 1.33. The maximum absolute atomic E-state index is 12.8. The Hall–Kier alpha value is -2.29. The topological polar surface area (TPSA) is 29.5 Å². The lowest BCUT2D eigenvalue weighted by Crippen LogP contribution is -2.34. The predicted octanol–water partition coefficient (Wildman–Crippen LogP) is 4.11. The first-order valence-electron chi connectivity index (χ1n) is 8.26. The van der Waals surface area contributed by atoms with Crippen LogP contribution in [-0.2, 0) is 0 Å². The maximum Gasteiger partial charge on any atom is 0.253 e. The number of carbonyl (C=O) groups excluding carboxylic acids is 1. The lowest BCUT2D eigenvalue weighted by molar-refractivity contribution is 0.0754. The summed E-state index contributed by atoms with van der Waals surface area (Å²) in [6, 6.07) is 17.9. The number of nitrogens with zero attached hydrogens (tertiary/aromatic N) is 1. The van der Waals surface area contributed by atoms with Gasteiger partial charge in [-0.25, -0.2) is 0 Å². The molecule has 1 saturated heterocycles. The van der Waals surface area contributed by atoms with Crippen molar-refractivity contribution in [2.24, 2.45) is 0 Å². The Bertz CT molecular complexity index is 636. The number of ether oxygens (including phenoxy) is 1. The van der Waals surface area contributed by atoms with Crippen molar-refractivity contribution in [1.29, 1.82) is 0 Å². The molecule has 0 aliphatic carbocycles. The van der Waals surface area contributed by atoms with Gasteiger partial charge in [-0.1, -0.05) is 36.8 Å². The third-order valence-corrected chi connectivity index (χ3v) is 4.57. The number of rotatable bonds is 3. The minimum atomic E-state index is 0.121. The van der Waals surface area contributed by atoms with E-state index in [4.69, 9.17) is 4.74 Å². The molecule has 0 spiro atoms. The summed E-state index contributed by atoms with van der Waals surface area (Å²) in [4.78, 5) is 14.8. The van der Waals surface area contributed by atoms with Crippen molar-refractivity contribution in [1.82, 2.24) is 4.90 Å². The van der Waals surface area contributed by atoms with Crippen LogP contribution < -0.4 is 4.74 Å². The molecular weight excluding hydrogens is 286 g/mol. The van der Waals surface area contributed by atoms with Crippen molar-refractivity contribution in [3.05, 3.63) is 65.7 Å². The Labute approximate surface area is 137 Å². The van der Waals surface area contributed by atoms with Gasteiger partial charge in [0.15, 0.2) is 0 Å². The van der Waals surface area contributed by atoms with E-state index in [9.17, 15) is 4.79 Å². The van der Waals surface area contributed by atoms with Crippen LogP contribution in [0.15, 0.2) is 54.6 Å². The Morgan fingerprint density at radius 2 is 1.78 bits per heavy atom. The molecule has 0 saturated carbocycles. The van der Waals surface area contributed by atoms with Crippen LogP contribution in [0.3, 0.4) is 0 Å². The zero-order valence-electron chi connectivity index (χ0n) is 13.6.